The van der Waals surface area contributed by atoms with Crippen LogP contribution in [0.2, 0.25) is 0 Å². The summed E-state index contributed by atoms with van der Waals surface area (Å²) < 4.78 is 12.6. The Labute approximate surface area is 253 Å². The molecule has 0 aliphatic rings. The van der Waals surface area contributed by atoms with Crippen LogP contribution in [0.5, 0.6) is 0 Å². The Morgan fingerprint density at radius 2 is 1.55 bits per heavy atom. The molecule has 1 heterocycles. The molecule has 4 aromatic carbocycles. The fourth-order valence-electron chi connectivity index (χ4n) is 5.30. The number of benzene rings is 4. The minimum Gasteiger partial charge on any atom is -0.464 e. The fraction of sp³-hybridized carbons (Fsp3) is 0.171. The van der Waals surface area contributed by atoms with Crippen LogP contribution in [0.25, 0.3) is 32.6 Å². The molecule has 0 amide bonds. The molecule has 0 aliphatic carbocycles. The Morgan fingerprint density at radius 1 is 0.818 bits per heavy atom. The summed E-state index contributed by atoms with van der Waals surface area (Å²) in [6.45, 7) is 8.13. The Bertz CT molecular complexity index is 2000. The Balaban J connectivity index is 1.79. The van der Waals surface area contributed by atoms with E-state index in [0.29, 0.717) is 23.2 Å². The van der Waals surface area contributed by atoms with Crippen molar-refractivity contribution in [2.45, 2.75) is 27.3 Å². The second kappa shape index (κ2) is 12.7. The smallest absolute Gasteiger partial charge is 0.331 e. The highest BCUT2D eigenvalue weighted by atomic mass is 16.7. The summed E-state index contributed by atoms with van der Waals surface area (Å²) in [5, 5.41) is 7.15. The number of aromatic nitrogens is 1. The topological polar surface area (TPSA) is 113 Å². The van der Waals surface area contributed by atoms with E-state index in [1.807, 2.05) is 73.7 Å². The molecule has 0 aliphatic heterocycles. The average molecular weight is 591 g/mol. The maximum absolute atomic E-state index is 14.0. The van der Waals surface area contributed by atoms with Crippen molar-refractivity contribution in [1.82, 2.24) is 4.57 Å². The molecule has 0 saturated carbocycles. The lowest BCUT2D eigenvalue weighted by atomic mass is 9.92. The van der Waals surface area contributed by atoms with Crippen LogP contribution in [0.3, 0.4) is 0 Å². The number of nitrogens with zero attached hydrogens (tertiary/aromatic N) is 2. The first-order valence-corrected chi connectivity index (χ1v) is 13.9. The average Bonchev–Trinajstić information content (AvgIpc) is 3.33. The number of fused-ring (bicyclic) bond motifs is 5. The van der Waals surface area contributed by atoms with Crippen LogP contribution in [0.15, 0.2) is 90.6 Å². The largest absolute Gasteiger partial charge is 0.464 e. The van der Waals surface area contributed by atoms with E-state index in [0.717, 1.165) is 44.2 Å². The molecule has 44 heavy (non-hydrogen) atoms. The molecular formula is C35H30N2O7. The number of oxime groups is 1. The van der Waals surface area contributed by atoms with E-state index in [4.69, 9.17) is 14.3 Å². The first-order valence-electron chi connectivity index (χ1n) is 13.9. The van der Waals surface area contributed by atoms with Crippen molar-refractivity contribution >= 4 is 62.0 Å². The molecule has 0 atom stereocenters. The summed E-state index contributed by atoms with van der Waals surface area (Å²) in [4.78, 5) is 53.9. The maximum Gasteiger partial charge on any atom is 0.331 e. The zero-order valence-electron chi connectivity index (χ0n) is 24.6. The summed E-state index contributed by atoms with van der Waals surface area (Å²) in [5.41, 5.74) is 4.43. The number of aryl methyl sites for hydroxylation is 1. The number of carbonyl (C=O) groups is 4. The van der Waals surface area contributed by atoms with E-state index < -0.39 is 11.9 Å². The number of ether oxygens (including phenoxy) is 2. The number of hydrogen-bond acceptors (Lipinski definition) is 8. The first-order chi connectivity index (χ1) is 21.2. The second-order valence-electron chi connectivity index (χ2n) is 10.2. The van der Waals surface area contributed by atoms with Gasteiger partial charge in [-0.1, -0.05) is 66.3 Å². The molecule has 1 aromatic heterocycles. The lowest BCUT2D eigenvalue weighted by Crippen LogP contribution is -2.15. The lowest BCUT2D eigenvalue weighted by molar-refractivity contribution is -0.142. The van der Waals surface area contributed by atoms with E-state index in [9.17, 15) is 19.2 Å². The highest BCUT2D eigenvalue weighted by molar-refractivity contribution is 6.26. The van der Waals surface area contributed by atoms with Gasteiger partial charge in [-0.3, -0.25) is 9.59 Å². The van der Waals surface area contributed by atoms with Crippen LogP contribution in [0.1, 0.15) is 40.9 Å². The van der Waals surface area contributed by atoms with Crippen LogP contribution >= 0.6 is 0 Å². The van der Waals surface area contributed by atoms with Gasteiger partial charge in [-0.15, -0.1) is 0 Å². The van der Waals surface area contributed by atoms with E-state index in [1.54, 1.807) is 6.07 Å². The molecule has 0 fully saturated rings. The summed E-state index contributed by atoms with van der Waals surface area (Å²) in [6, 6.07) is 22.6. The quantitative estimate of drug-likeness (QED) is 0.0486. The maximum atomic E-state index is 14.0. The number of carbonyl (C=O) groups excluding carboxylic acids is 4. The molecule has 222 valence electrons. The van der Waals surface area contributed by atoms with Crippen molar-refractivity contribution in [3.63, 3.8) is 0 Å². The normalized spacial score (nSPS) is 11.5. The van der Waals surface area contributed by atoms with Gasteiger partial charge in [0.1, 0.15) is 18.9 Å². The van der Waals surface area contributed by atoms with Crippen LogP contribution < -0.4 is 0 Å². The zero-order chi connectivity index (χ0) is 31.4. The molecule has 9 nitrogen and oxygen atoms in total. The zero-order valence-corrected chi connectivity index (χ0v) is 24.6. The predicted octanol–water partition coefficient (Wildman–Crippen LogP) is 6.05. The minimum absolute atomic E-state index is 0.105. The van der Waals surface area contributed by atoms with Crippen molar-refractivity contribution < 1.29 is 33.5 Å². The van der Waals surface area contributed by atoms with Gasteiger partial charge >= 0.3 is 17.9 Å². The van der Waals surface area contributed by atoms with E-state index in [1.165, 1.54) is 13.8 Å². The molecule has 5 aromatic rings. The molecular weight excluding hydrogens is 560 g/mol. The number of hydrogen-bond donors (Lipinski definition) is 0. The van der Waals surface area contributed by atoms with Crippen LogP contribution in [0.4, 0.5) is 0 Å². The molecule has 0 radical (unpaired) electrons. The van der Waals surface area contributed by atoms with Crippen molar-refractivity contribution in [2.24, 2.45) is 5.16 Å². The minimum atomic E-state index is -0.658. The van der Waals surface area contributed by atoms with Gasteiger partial charge in [0.05, 0.1) is 12.1 Å². The van der Waals surface area contributed by atoms with Crippen LogP contribution in [-0.2, 0) is 35.2 Å². The molecule has 0 N–H and O–H groups in total. The third-order valence-electron chi connectivity index (χ3n) is 7.25. The molecule has 0 unspecified atom stereocenters. The van der Waals surface area contributed by atoms with Gasteiger partial charge in [0, 0.05) is 58.3 Å². The third kappa shape index (κ3) is 5.98. The van der Waals surface area contributed by atoms with Crippen LogP contribution in [0, 0.1) is 6.92 Å². The highest BCUT2D eigenvalue weighted by Gasteiger charge is 2.22. The first kappa shape index (κ1) is 29.9. The highest BCUT2D eigenvalue weighted by Crippen LogP contribution is 2.37. The Morgan fingerprint density at radius 3 is 2.25 bits per heavy atom. The number of ketones is 1. The molecule has 0 spiro atoms. The van der Waals surface area contributed by atoms with Crippen LogP contribution in [-0.4, -0.2) is 47.2 Å². The monoisotopic (exact) mass is 590 g/mol. The second-order valence-corrected chi connectivity index (χ2v) is 10.2. The third-order valence-corrected chi connectivity index (χ3v) is 7.25. The predicted molar refractivity (Wildman–Crippen MR) is 168 cm³/mol. The number of esters is 2. The van der Waals surface area contributed by atoms with Crippen molar-refractivity contribution in [3.8, 4) is 0 Å². The molecule has 0 bridgehead atoms. The van der Waals surface area contributed by atoms with Crippen molar-refractivity contribution in [1.29, 1.82) is 0 Å². The van der Waals surface area contributed by atoms with Gasteiger partial charge in [0.15, 0.2) is 5.78 Å². The molecule has 5 rings (SSSR count). The Kier molecular flexibility index (Phi) is 8.66. The van der Waals surface area contributed by atoms with Gasteiger partial charge in [-0.2, -0.15) is 0 Å². The van der Waals surface area contributed by atoms with Crippen molar-refractivity contribution in [3.05, 3.63) is 108 Å². The Hall–Kier alpha value is -5.57. The molecule has 9 heteroatoms. The summed E-state index contributed by atoms with van der Waals surface area (Å²) in [5.74, 6) is -1.78. The van der Waals surface area contributed by atoms with Gasteiger partial charge in [0.25, 0.3) is 0 Å². The molecule has 0 saturated heterocycles. The van der Waals surface area contributed by atoms with Gasteiger partial charge in [-0.05, 0) is 36.1 Å². The van der Waals surface area contributed by atoms with Crippen molar-refractivity contribution in [2.75, 3.05) is 13.2 Å². The van der Waals surface area contributed by atoms with E-state index >= 15 is 0 Å². The SMILES string of the molecule is C=CC(=O)OC/C(=N/OC(C)=O)c1ccc2c(c1)c1cc(C(=O)c3ccccc3C)c3ccccc3c1n2CCOC(C)=O. The lowest BCUT2D eigenvalue weighted by Gasteiger charge is -2.13. The van der Waals surface area contributed by atoms with E-state index in [2.05, 4.69) is 16.3 Å². The summed E-state index contributed by atoms with van der Waals surface area (Å²) in [6.07, 6.45) is 1.03. The van der Waals surface area contributed by atoms with E-state index in [-0.39, 0.29) is 30.7 Å². The summed E-state index contributed by atoms with van der Waals surface area (Å²) in [7, 11) is 0. The fourth-order valence-corrected chi connectivity index (χ4v) is 5.30. The van der Waals surface area contributed by atoms with Gasteiger partial charge in [0.2, 0.25) is 0 Å². The standard InChI is InChI=1S/C35H30N2O7/c1-5-33(40)43-20-31(36-44-23(4)39)24-14-15-32-28(18-24)29-19-30(35(41)25-11-7-6-10-21(25)2)26-12-8-9-13-27(26)34(29)37(32)16-17-42-22(3)38/h5-15,18-19H,1,16-17,20H2,2-4H3/b36-31-. The van der Waals surface area contributed by atoms with Gasteiger partial charge in [-0.25, -0.2) is 9.59 Å². The number of rotatable bonds is 10. The summed E-state index contributed by atoms with van der Waals surface area (Å²) >= 11 is 0. The van der Waals surface area contributed by atoms with Gasteiger partial charge < -0.3 is 18.9 Å².